The van der Waals surface area contributed by atoms with Gasteiger partial charge in [-0.05, 0) is 45.0 Å². The van der Waals surface area contributed by atoms with E-state index in [4.69, 9.17) is 9.47 Å². The zero-order valence-electron chi connectivity index (χ0n) is 17.2. The average molecular weight is 434 g/mol. The van der Waals surface area contributed by atoms with Crippen molar-refractivity contribution in [2.45, 2.75) is 26.9 Å². The Morgan fingerprint density at radius 1 is 1.10 bits per heavy atom. The van der Waals surface area contributed by atoms with E-state index in [1.807, 2.05) is 13.8 Å². The van der Waals surface area contributed by atoms with Gasteiger partial charge in [-0.2, -0.15) is 18.3 Å². The first-order valence-corrected chi connectivity index (χ1v) is 9.53. The van der Waals surface area contributed by atoms with Crippen LogP contribution in [0, 0.1) is 6.92 Å². The number of aromatic nitrogens is 3. The average Bonchev–Trinajstić information content (AvgIpc) is 3.11. The van der Waals surface area contributed by atoms with Gasteiger partial charge in [0.2, 0.25) is 0 Å². The summed E-state index contributed by atoms with van der Waals surface area (Å²) in [6, 6.07) is 7.21. The van der Waals surface area contributed by atoms with Crippen molar-refractivity contribution in [3.05, 3.63) is 59.5 Å². The van der Waals surface area contributed by atoms with E-state index in [9.17, 15) is 18.0 Å². The quantitative estimate of drug-likeness (QED) is 0.586. The molecule has 1 N–H and O–H groups in total. The molecule has 31 heavy (non-hydrogen) atoms. The maximum atomic E-state index is 12.9. The van der Waals surface area contributed by atoms with Gasteiger partial charge in [0.05, 0.1) is 41.9 Å². The third-order valence-corrected chi connectivity index (χ3v) is 4.36. The second-order valence-electron chi connectivity index (χ2n) is 6.44. The summed E-state index contributed by atoms with van der Waals surface area (Å²) in [4.78, 5) is 16.7. The maximum absolute atomic E-state index is 12.9. The molecule has 7 nitrogen and oxygen atoms in total. The molecule has 0 bridgehead atoms. The molecule has 0 fully saturated rings. The second-order valence-corrected chi connectivity index (χ2v) is 6.44. The number of halogens is 3. The molecule has 1 amide bonds. The second kappa shape index (κ2) is 9.07. The summed E-state index contributed by atoms with van der Waals surface area (Å²) in [6.07, 6.45) is -2.43. The molecule has 1 aromatic carbocycles. The van der Waals surface area contributed by atoms with E-state index in [0.29, 0.717) is 36.1 Å². The first kappa shape index (κ1) is 22.1. The lowest BCUT2D eigenvalue weighted by atomic mass is 10.2. The number of carbonyl (C=O) groups is 1. The van der Waals surface area contributed by atoms with Crippen molar-refractivity contribution in [3.8, 4) is 17.3 Å². The van der Waals surface area contributed by atoms with Crippen LogP contribution in [0.1, 0.15) is 35.5 Å². The van der Waals surface area contributed by atoms with Gasteiger partial charge in [-0.3, -0.25) is 4.79 Å². The molecule has 0 unspecified atom stereocenters. The minimum Gasteiger partial charge on any atom is -0.494 e. The van der Waals surface area contributed by atoms with Gasteiger partial charge in [0.15, 0.2) is 5.82 Å². The molecule has 0 atom stereocenters. The number of ether oxygens (including phenoxy) is 2. The molecular formula is C21H21F3N4O3. The number of pyridine rings is 1. The number of alkyl halides is 3. The highest BCUT2D eigenvalue weighted by Crippen LogP contribution is 2.31. The zero-order chi connectivity index (χ0) is 22.6. The maximum Gasteiger partial charge on any atom is 0.417 e. The normalized spacial score (nSPS) is 11.3. The molecule has 0 aliphatic heterocycles. The predicted molar refractivity (Wildman–Crippen MR) is 108 cm³/mol. The van der Waals surface area contributed by atoms with E-state index in [0.717, 1.165) is 12.3 Å². The van der Waals surface area contributed by atoms with Crippen LogP contribution in [0.3, 0.4) is 0 Å². The number of nitrogens with zero attached hydrogens (tertiary/aromatic N) is 3. The van der Waals surface area contributed by atoms with Gasteiger partial charge in [0.25, 0.3) is 5.91 Å². The van der Waals surface area contributed by atoms with Crippen molar-refractivity contribution < 1.29 is 27.4 Å². The third-order valence-electron chi connectivity index (χ3n) is 4.36. The molecule has 0 aliphatic carbocycles. The van der Waals surface area contributed by atoms with Crippen LogP contribution in [0.2, 0.25) is 0 Å². The zero-order valence-corrected chi connectivity index (χ0v) is 17.2. The molecule has 0 saturated heterocycles. The van der Waals surface area contributed by atoms with Crippen molar-refractivity contribution in [3.63, 3.8) is 0 Å². The van der Waals surface area contributed by atoms with E-state index in [2.05, 4.69) is 15.4 Å². The highest BCUT2D eigenvalue weighted by molar-refractivity contribution is 6.05. The van der Waals surface area contributed by atoms with Gasteiger partial charge in [-0.25, -0.2) is 9.67 Å². The smallest absolute Gasteiger partial charge is 0.417 e. The first-order valence-electron chi connectivity index (χ1n) is 9.53. The van der Waals surface area contributed by atoms with Crippen LogP contribution in [0.4, 0.5) is 18.9 Å². The van der Waals surface area contributed by atoms with E-state index in [1.54, 1.807) is 25.1 Å². The Morgan fingerprint density at radius 3 is 2.45 bits per heavy atom. The van der Waals surface area contributed by atoms with Crippen molar-refractivity contribution >= 4 is 11.6 Å². The lowest BCUT2D eigenvalue weighted by Crippen LogP contribution is -2.14. The molecule has 0 saturated carbocycles. The number of anilines is 1. The van der Waals surface area contributed by atoms with Crippen LogP contribution in [0.25, 0.3) is 5.82 Å². The number of carbonyl (C=O) groups excluding carboxylic acids is 1. The molecule has 164 valence electrons. The van der Waals surface area contributed by atoms with E-state index >= 15 is 0 Å². The SMILES string of the molecule is CCOc1ccc(OCC)c(NC(=O)c2cnn(-c3ccc(C(F)(F)F)cn3)c2C)c1. The topological polar surface area (TPSA) is 78.3 Å². The minimum atomic E-state index is -4.48. The van der Waals surface area contributed by atoms with Gasteiger partial charge in [-0.15, -0.1) is 0 Å². The predicted octanol–water partition coefficient (Wildman–Crippen LogP) is 4.64. The summed E-state index contributed by atoms with van der Waals surface area (Å²) < 4.78 is 50.6. The summed E-state index contributed by atoms with van der Waals surface area (Å²) >= 11 is 0. The summed E-state index contributed by atoms with van der Waals surface area (Å²) in [5, 5.41) is 6.88. The number of hydrogen-bond acceptors (Lipinski definition) is 5. The van der Waals surface area contributed by atoms with E-state index in [-0.39, 0.29) is 11.4 Å². The van der Waals surface area contributed by atoms with Crippen molar-refractivity contribution in [1.29, 1.82) is 0 Å². The van der Waals surface area contributed by atoms with Crippen molar-refractivity contribution in [1.82, 2.24) is 14.8 Å². The van der Waals surface area contributed by atoms with Gasteiger partial charge < -0.3 is 14.8 Å². The highest BCUT2D eigenvalue weighted by Gasteiger charge is 2.31. The Balaban J connectivity index is 1.86. The Labute approximate surface area is 176 Å². The molecule has 2 heterocycles. The lowest BCUT2D eigenvalue weighted by molar-refractivity contribution is -0.137. The summed E-state index contributed by atoms with van der Waals surface area (Å²) in [7, 11) is 0. The van der Waals surface area contributed by atoms with Gasteiger partial charge >= 0.3 is 6.18 Å². The molecular weight excluding hydrogens is 413 g/mol. The van der Waals surface area contributed by atoms with Crippen LogP contribution in [-0.4, -0.2) is 33.9 Å². The summed E-state index contributed by atoms with van der Waals surface area (Å²) in [6.45, 7) is 6.18. The fraction of sp³-hybridized carbons (Fsp3) is 0.286. The first-order chi connectivity index (χ1) is 14.7. The third kappa shape index (κ3) is 4.96. The van der Waals surface area contributed by atoms with Crippen LogP contribution < -0.4 is 14.8 Å². The molecule has 3 aromatic rings. The fourth-order valence-electron chi connectivity index (χ4n) is 2.88. The van der Waals surface area contributed by atoms with Gasteiger partial charge in [0, 0.05) is 12.3 Å². The molecule has 10 heteroatoms. The molecule has 3 rings (SSSR count). The number of amides is 1. The number of benzene rings is 1. The molecule has 2 aromatic heterocycles. The van der Waals surface area contributed by atoms with Crippen LogP contribution in [-0.2, 0) is 6.18 Å². The van der Waals surface area contributed by atoms with E-state index in [1.165, 1.54) is 16.9 Å². The Morgan fingerprint density at radius 2 is 1.84 bits per heavy atom. The molecule has 0 spiro atoms. The molecule has 0 radical (unpaired) electrons. The molecule has 0 aliphatic rings. The van der Waals surface area contributed by atoms with Crippen LogP contribution in [0.5, 0.6) is 11.5 Å². The monoisotopic (exact) mass is 434 g/mol. The number of nitrogens with one attached hydrogen (secondary N) is 1. The number of hydrogen-bond donors (Lipinski definition) is 1. The van der Waals surface area contributed by atoms with E-state index < -0.39 is 17.6 Å². The Hall–Kier alpha value is -3.56. The minimum absolute atomic E-state index is 0.165. The standard InChI is InChI=1S/C21H21F3N4O3/c1-4-30-15-7-8-18(31-5-2)17(10-15)27-20(29)16-12-26-28(13(16)3)19-9-6-14(11-25-19)21(22,23)24/h6-12H,4-5H2,1-3H3,(H,27,29). The fourth-order valence-corrected chi connectivity index (χ4v) is 2.88. The Kier molecular flexibility index (Phi) is 6.47. The Bertz CT molecular complexity index is 1060. The van der Waals surface area contributed by atoms with Gasteiger partial charge in [-0.1, -0.05) is 0 Å². The van der Waals surface area contributed by atoms with Gasteiger partial charge in [0.1, 0.15) is 11.5 Å². The van der Waals surface area contributed by atoms with Crippen molar-refractivity contribution in [2.24, 2.45) is 0 Å². The highest BCUT2D eigenvalue weighted by atomic mass is 19.4. The van der Waals surface area contributed by atoms with Crippen molar-refractivity contribution in [2.75, 3.05) is 18.5 Å². The number of rotatable bonds is 7. The lowest BCUT2D eigenvalue weighted by Gasteiger charge is -2.13. The summed E-state index contributed by atoms with van der Waals surface area (Å²) in [5.74, 6) is 0.763. The largest absolute Gasteiger partial charge is 0.494 e. The van der Waals surface area contributed by atoms with Crippen LogP contribution in [0.15, 0.2) is 42.7 Å². The summed E-state index contributed by atoms with van der Waals surface area (Å²) in [5.41, 5.74) is 0.226. The van der Waals surface area contributed by atoms with Crippen LogP contribution >= 0.6 is 0 Å².